The second-order valence-corrected chi connectivity index (χ2v) is 7.67. The van der Waals surface area contributed by atoms with Crippen molar-refractivity contribution in [2.75, 3.05) is 5.32 Å². The first kappa shape index (κ1) is 17.4. The SMILES string of the molecule is CC(C)(C)c1ccc(NC(=O)CCc2nnc(-c3ccsc3)o2)cc1. The van der Waals surface area contributed by atoms with E-state index in [1.807, 2.05) is 41.1 Å². The number of aryl methyl sites for hydroxylation is 1. The van der Waals surface area contributed by atoms with Crippen LogP contribution in [0.25, 0.3) is 11.5 Å². The third-order valence-corrected chi connectivity index (χ3v) is 4.52. The third-order valence-electron chi connectivity index (χ3n) is 3.84. The highest BCUT2D eigenvalue weighted by molar-refractivity contribution is 7.08. The van der Waals surface area contributed by atoms with E-state index in [1.54, 1.807) is 11.3 Å². The fraction of sp³-hybridized carbons (Fsp3) is 0.316. The van der Waals surface area contributed by atoms with Crippen molar-refractivity contribution in [3.8, 4) is 11.5 Å². The lowest BCUT2D eigenvalue weighted by molar-refractivity contribution is -0.116. The Bertz CT molecular complexity index is 830. The molecule has 130 valence electrons. The fourth-order valence-corrected chi connectivity index (χ4v) is 2.98. The Kier molecular flexibility index (Phi) is 4.99. The molecule has 0 aliphatic rings. The summed E-state index contributed by atoms with van der Waals surface area (Å²) in [5.41, 5.74) is 3.03. The highest BCUT2D eigenvalue weighted by atomic mass is 32.1. The van der Waals surface area contributed by atoms with E-state index >= 15 is 0 Å². The van der Waals surface area contributed by atoms with Crippen LogP contribution in [-0.2, 0) is 16.6 Å². The molecule has 25 heavy (non-hydrogen) atoms. The third kappa shape index (κ3) is 4.54. The average molecular weight is 355 g/mol. The lowest BCUT2D eigenvalue weighted by Gasteiger charge is -2.19. The van der Waals surface area contributed by atoms with Crippen molar-refractivity contribution in [1.29, 1.82) is 0 Å². The molecule has 1 aromatic carbocycles. The van der Waals surface area contributed by atoms with Gasteiger partial charge in [0.1, 0.15) is 0 Å². The van der Waals surface area contributed by atoms with E-state index in [9.17, 15) is 4.79 Å². The van der Waals surface area contributed by atoms with Crippen LogP contribution in [0.3, 0.4) is 0 Å². The van der Waals surface area contributed by atoms with E-state index < -0.39 is 0 Å². The Morgan fingerprint density at radius 1 is 1.16 bits per heavy atom. The highest BCUT2D eigenvalue weighted by Gasteiger charge is 2.14. The van der Waals surface area contributed by atoms with Gasteiger partial charge in [0.2, 0.25) is 17.7 Å². The molecule has 0 saturated heterocycles. The molecule has 2 heterocycles. The Hall–Kier alpha value is -2.47. The summed E-state index contributed by atoms with van der Waals surface area (Å²) in [5.74, 6) is 0.896. The van der Waals surface area contributed by atoms with Crippen LogP contribution >= 0.6 is 11.3 Å². The molecule has 0 atom stereocenters. The van der Waals surface area contributed by atoms with Gasteiger partial charge < -0.3 is 9.73 Å². The molecule has 3 rings (SSSR count). The van der Waals surface area contributed by atoms with Crippen molar-refractivity contribution in [2.45, 2.75) is 39.0 Å². The number of hydrogen-bond acceptors (Lipinski definition) is 5. The number of rotatable bonds is 5. The number of thiophene rings is 1. The molecule has 2 aromatic heterocycles. The van der Waals surface area contributed by atoms with Gasteiger partial charge in [0.15, 0.2) is 0 Å². The summed E-state index contributed by atoms with van der Waals surface area (Å²) in [7, 11) is 0. The Morgan fingerprint density at radius 2 is 1.92 bits per heavy atom. The van der Waals surface area contributed by atoms with Crippen LogP contribution in [0, 0.1) is 0 Å². The molecule has 3 aromatic rings. The lowest BCUT2D eigenvalue weighted by Crippen LogP contribution is -2.14. The van der Waals surface area contributed by atoms with Crippen LogP contribution in [0.1, 0.15) is 38.6 Å². The molecule has 0 unspecified atom stereocenters. The fourth-order valence-electron chi connectivity index (χ4n) is 2.35. The highest BCUT2D eigenvalue weighted by Crippen LogP contribution is 2.24. The van der Waals surface area contributed by atoms with Gasteiger partial charge in [0.25, 0.3) is 0 Å². The maximum absolute atomic E-state index is 12.1. The summed E-state index contributed by atoms with van der Waals surface area (Å²) < 4.78 is 5.59. The van der Waals surface area contributed by atoms with Gasteiger partial charge in [-0.3, -0.25) is 4.79 Å². The van der Waals surface area contributed by atoms with E-state index in [0.717, 1.165) is 11.3 Å². The first-order valence-corrected chi connectivity index (χ1v) is 9.11. The molecule has 5 nitrogen and oxygen atoms in total. The van der Waals surface area contributed by atoms with Crippen LogP contribution < -0.4 is 5.32 Å². The number of hydrogen-bond donors (Lipinski definition) is 1. The minimum Gasteiger partial charge on any atom is -0.421 e. The zero-order valence-electron chi connectivity index (χ0n) is 14.6. The van der Waals surface area contributed by atoms with Crippen LogP contribution in [-0.4, -0.2) is 16.1 Å². The smallest absolute Gasteiger partial charge is 0.248 e. The number of aromatic nitrogens is 2. The Labute approximate surface area is 151 Å². The molecule has 0 fully saturated rings. The molecule has 0 aliphatic heterocycles. The van der Waals surface area contributed by atoms with Crippen LogP contribution in [0.15, 0.2) is 45.5 Å². The molecule has 0 saturated carbocycles. The first-order valence-electron chi connectivity index (χ1n) is 8.17. The van der Waals surface area contributed by atoms with Gasteiger partial charge in [-0.25, -0.2) is 0 Å². The molecule has 1 N–H and O–H groups in total. The van der Waals surface area contributed by atoms with Gasteiger partial charge in [0.05, 0.1) is 0 Å². The Morgan fingerprint density at radius 3 is 2.56 bits per heavy atom. The summed E-state index contributed by atoms with van der Waals surface area (Å²) in [6.07, 6.45) is 0.718. The predicted molar refractivity (Wildman–Crippen MR) is 99.7 cm³/mol. The second kappa shape index (κ2) is 7.19. The van der Waals surface area contributed by atoms with Gasteiger partial charge in [-0.2, -0.15) is 11.3 Å². The van der Waals surface area contributed by atoms with E-state index in [0.29, 0.717) is 24.6 Å². The number of benzene rings is 1. The minimum atomic E-state index is -0.0706. The monoisotopic (exact) mass is 355 g/mol. The summed E-state index contributed by atoms with van der Waals surface area (Å²) >= 11 is 1.57. The van der Waals surface area contributed by atoms with Gasteiger partial charge in [-0.1, -0.05) is 32.9 Å². The molecule has 6 heteroatoms. The van der Waals surface area contributed by atoms with Gasteiger partial charge >= 0.3 is 0 Å². The Balaban J connectivity index is 1.53. The van der Waals surface area contributed by atoms with Gasteiger partial charge in [-0.15, -0.1) is 10.2 Å². The zero-order valence-corrected chi connectivity index (χ0v) is 15.4. The number of carbonyl (C=O) groups is 1. The molecular weight excluding hydrogens is 334 g/mol. The van der Waals surface area contributed by atoms with Crippen molar-refractivity contribution >= 4 is 22.9 Å². The first-order chi connectivity index (χ1) is 11.9. The van der Waals surface area contributed by atoms with Gasteiger partial charge in [0, 0.05) is 29.5 Å². The van der Waals surface area contributed by atoms with Crippen molar-refractivity contribution in [2.24, 2.45) is 0 Å². The van der Waals surface area contributed by atoms with Crippen molar-refractivity contribution in [3.63, 3.8) is 0 Å². The number of nitrogens with zero attached hydrogens (tertiary/aromatic N) is 2. The summed E-state index contributed by atoms with van der Waals surface area (Å²) in [6, 6.07) is 9.87. The molecular formula is C19H21N3O2S. The molecule has 0 bridgehead atoms. The van der Waals surface area contributed by atoms with E-state index in [4.69, 9.17) is 4.42 Å². The van der Waals surface area contributed by atoms with Crippen LogP contribution in [0.2, 0.25) is 0 Å². The molecule has 1 amide bonds. The maximum atomic E-state index is 12.1. The van der Waals surface area contributed by atoms with Crippen LogP contribution in [0.5, 0.6) is 0 Å². The largest absolute Gasteiger partial charge is 0.421 e. The molecule has 0 spiro atoms. The maximum Gasteiger partial charge on any atom is 0.248 e. The average Bonchev–Trinajstić information content (AvgIpc) is 3.24. The second-order valence-electron chi connectivity index (χ2n) is 6.89. The normalized spacial score (nSPS) is 11.5. The predicted octanol–water partition coefficient (Wildman–Crippen LogP) is 4.67. The van der Waals surface area contributed by atoms with Crippen molar-refractivity contribution in [3.05, 3.63) is 52.5 Å². The van der Waals surface area contributed by atoms with E-state index in [1.165, 1.54) is 5.56 Å². The summed E-state index contributed by atoms with van der Waals surface area (Å²) in [4.78, 5) is 12.1. The standard InChI is InChI=1S/C19H21N3O2S/c1-19(2,3)14-4-6-15(7-5-14)20-16(23)8-9-17-21-22-18(24-17)13-10-11-25-12-13/h4-7,10-12H,8-9H2,1-3H3,(H,20,23). The lowest BCUT2D eigenvalue weighted by atomic mass is 9.87. The van der Waals surface area contributed by atoms with Crippen molar-refractivity contribution in [1.82, 2.24) is 10.2 Å². The van der Waals surface area contributed by atoms with Crippen molar-refractivity contribution < 1.29 is 9.21 Å². The number of amides is 1. The molecule has 0 aliphatic carbocycles. The number of carbonyl (C=O) groups excluding carboxylic acids is 1. The topological polar surface area (TPSA) is 68.0 Å². The van der Waals surface area contributed by atoms with Crippen LogP contribution in [0.4, 0.5) is 5.69 Å². The number of nitrogens with one attached hydrogen (secondary N) is 1. The number of anilines is 1. The quantitative estimate of drug-likeness (QED) is 0.722. The minimum absolute atomic E-state index is 0.0706. The van der Waals surface area contributed by atoms with E-state index in [-0.39, 0.29) is 11.3 Å². The van der Waals surface area contributed by atoms with E-state index in [2.05, 4.69) is 36.3 Å². The zero-order chi connectivity index (χ0) is 17.9. The molecule has 0 radical (unpaired) electrons. The van der Waals surface area contributed by atoms with Gasteiger partial charge in [-0.05, 0) is 34.6 Å². The summed E-state index contributed by atoms with van der Waals surface area (Å²) in [6.45, 7) is 6.49. The summed E-state index contributed by atoms with van der Waals surface area (Å²) in [5, 5.41) is 14.8.